The molecule has 0 aromatic carbocycles. The van der Waals surface area contributed by atoms with E-state index in [-0.39, 0.29) is 23.5 Å². The van der Waals surface area contributed by atoms with Gasteiger partial charge >= 0.3 is 6.09 Å². The largest absolute Gasteiger partial charge is 0.436 e. The number of nitrogens with zero attached hydrogens (tertiary/aromatic N) is 1. The molecule has 1 atom stereocenters. The van der Waals surface area contributed by atoms with Crippen LogP contribution in [-0.2, 0) is 14.3 Å². The monoisotopic (exact) mass is 354 g/mol. The molecule has 0 saturated heterocycles. The molecule has 0 bridgehead atoms. The molecule has 25 heavy (non-hydrogen) atoms. The first kappa shape index (κ1) is 20.0. The summed E-state index contributed by atoms with van der Waals surface area (Å²) in [5.74, 6) is 0.454. The van der Waals surface area contributed by atoms with Crippen molar-refractivity contribution in [2.75, 3.05) is 13.7 Å². The Balaban J connectivity index is 1.90. The molecule has 2 fully saturated rings. The number of carbonyl (C=O) groups is 2. The molecule has 2 N–H and O–H groups in total. The lowest BCUT2D eigenvalue weighted by atomic mass is 9.79. The first-order valence-electron chi connectivity index (χ1n) is 9.54. The first-order valence-corrected chi connectivity index (χ1v) is 9.54. The summed E-state index contributed by atoms with van der Waals surface area (Å²) in [6.07, 6.45) is 5.30. The Morgan fingerprint density at radius 3 is 2.16 bits per heavy atom. The van der Waals surface area contributed by atoms with Crippen molar-refractivity contribution >= 4 is 12.0 Å². The highest BCUT2D eigenvalue weighted by molar-refractivity contribution is 5.83. The molecule has 0 aromatic rings. The summed E-state index contributed by atoms with van der Waals surface area (Å²) in [7, 11) is 1.81. The number of primary amides is 1. The van der Waals surface area contributed by atoms with E-state index < -0.39 is 12.2 Å². The second kappa shape index (κ2) is 8.39. The standard InChI is InChI=1S/C19H34N2O4/c1-19(2,3)24-12-13-8-10-14(11-9-13)16(25-18(20)23)17(22)21(4)15-6-5-7-15/h13-16H,5-12H2,1-4H3,(H2,20,23)/t13?,14?,16-/m0/s1. The summed E-state index contributed by atoms with van der Waals surface area (Å²) in [5, 5.41) is 0. The Kier molecular flexibility index (Phi) is 6.72. The fraction of sp³-hybridized carbons (Fsp3) is 0.895. The molecule has 2 amide bonds. The molecule has 6 nitrogen and oxygen atoms in total. The minimum atomic E-state index is -0.862. The van der Waals surface area contributed by atoms with Crippen molar-refractivity contribution in [1.82, 2.24) is 4.90 Å². The second-order valence-corrected chi connectivity index (χ2v) is 8.60. The predicted molar refractivity (Wildman–Crippen MR) is 96.0 cm³/mol. The molecular weight excluding hydrogens is 320 g/mol. The van der Waals surface area contributed by atoms with Crippen LogP contribution in [0.3, 0.4) is 0 Å². The number of ether oxygens (including phenoxy) is 2. The topological polar surface area (TPSA) is 81.9 Å². The lowest BCUT2D eigenvalue weighted by Crippen LogP contribution is -2.50. The van der Waals surface area contributed by atoms with Gasteiger partial charge in [0.15, 0.2) is 6.10 Å². The zero-order valence-corrected chi connectivity index (χ0v) is 16.1. The lowest BCUT2D eigenvalue weighted by Gasteiger charge is -2.39. The highest BCUT2D eigenvalue weighted by Crippen LogP contribution is 2.34. The van der Waals surface area contributed by atoms with Crippen molar-refractivity contribution in [2.24, 2.45) is 17.6 Å². The third kappa shape index (κ3) is 5.87. The van der Waals surface area contributed by atoms with E-state index in [1.165, 1.54) is 0 Å². The fourth-order valence-corrected chi connectivity index (χ4v) is 3.65. The van der Waals surface area contributed by atoms with Gasteiger partial charge in [-0.2, -0.15) is 0 Å². The normalized spacial score (nSPS) is 25.8. The molecule has 6 heteroatoms. The van der Waals surface area contributed by atoms with Crippen LogP contribution in [0, 0.1) is 11.8 Å². The van der Waals surface area contributed by atoms with Crippen LogP contribution in [0.4, 0.5) is 4.79 Å². The highest BCUT2D eigenvalue weighted by atomic mass is 16.6. The van der Waals surface area contributed by atoms with E-state index in [4.69, 9.17) is 15.2 Å². The molecule has 0 aromatic heterocycles. The summed E-state index contributed by atoms with van der Waals surface area (Å²) >= 11 is 0. The number of hydrogen-bond acceptors (Lipinski definition) is 4. The zero-order valence-electron chi connectivity index (χ0n) is 16.1. The van der Waals surface area contributed by atoms with Crippen LogP contribution in [0.15, 0.2) is 0 Å². The van der Waals surface area contributed by atoms with Crippen molar-refractivity contribution in [3.8, 4) is 0 Å². The van der Waals surface area contributed by atoms with E-state index in [0.29, 0.717) is 5.92 Å². The number of hydrogen-bond donors (Lipinski definition) is 1. The third-order valence-corrected chi connectivity index (χ3v) is 5.53. The molecule has 0 unspecified atom stereocenters. The van der Waals surface area contributed by atoms with E-state index in [1.54, 1.807) is 4.90 Å². The van der Waals surface area contributed by atoms with E-state index >= 15 is 0 Å². The molecule has 0 aliphatic heterocycles. The number of amides is 2. The Hall–Kier alpha value is -1.30. The molecule has 0 heterocycles. The van der Waals surface area contributed by atoms with Gasteiger partial charge in [-0.1, -0.05) is 0 Å². The smallest absolute Gasteiger partial charge is 0.405 e. The maximum atomic E-state index is 12.8. The number of likely N-dealkylation sites (N-methyl/N-ethyl adjacent to an activating group) is 1. The third-order valence-electron chi connectivity index (χ3n) is 5.53. The highest BCUT2D eigenvalue weighted by Gasteiger charge is 2.38. The maximum Gasteiger partial charge on any atom is 0.405 e. The second-order valence-electron chi connectivity index (χ2n) is 8.60. The van der Waals surface area contributed by atoms with Gasteiger partial charge in [0.05, 0.1) is 12.2 Å². The molecule has 0 spiro atoms. The van der Waals surface area contributed by atoms with Crippen molar-refractivity contribution in [1.29, 1.82) is 0 Å². The van der Waals surface area contributed by atoms with Gasteiger partial charge in [-0.05, 0) is 71.6 Å². The summed E-state index contributed by atoms with van der Waals surface area (Å²) in [4.78, 5) is 25.9. The van der Waals surface area contributed by atoms with Gasteiger partial charge in [-0.15, -0.1) is 0 Å². The van der Waals surface area contributed by atoms with Crippen molar-refractivity contribution < 1.29 is 19.1 Å². The fourth-order valence-electron chi connectivity index (χ4n) is 3.65. The van der Waals surface area contributed by atoms with Gasteiger partial charge in [0.2, 0.25) is 0 Å². The maximum absolute atomic E-state index is 12.8. The van der Waals surface area contributed by atoms with Crippen molar-refractivity contribution in [2.45, 2.75) is 83.5 Å². The van der Waals surface area contributed by atoms with Gasteiger partial charge in [-0.3, -0.25) is 4.79 Å². The van der Waals surface area contributed by atoms with Gasteiger partial charge in [0.1, 0.15) is 0 Å². The molecular formula is C19H34N2O4. The van der Waals surface area contributed by atoms with Gasteiger partial charge < -0.3 is 20.1 Å². The summed E-state index contributed by atoms with van der Waals surface area (Å²) < 4.78 is 11.1. The van der Waals surface area contributed by atoms with E-state index in [0.717, 1.165) is 51.6 Å². The van der Waals surface area contributed by atoms with Crippen LogP contribution < -0.4 is 5.73 Å². The SMILES string of the molecule is CN(C(=O)[C@@H](OC(N)=O)C1CCC(COC(C)(C)C)CC1)C1CCC1. The van der Waals surface area contributed by atoms with Crippen LogP contribution in [0.1, 0.15) is 65.7 Å². The first-order chi connectivity index (χ1) is 11.7. The predicted octanol–water partition coefficient (Wildman–Crippen LogP) is 3.08. The Bertz CT molecular complexity index is 463. The lowest BCUT2D eigenvalue weighted by molar-refractivity contribution is -0.146. The number of nitrogens with two attached hydrogens (primary N) is 1. The van der Waals surface area contributed by atoms with Crippen LogP contribution in [0.5, 0.6) is 0 Å². The van der Waals surface area contributed by atoms with Crippen LogP contribution >= 0.6 is 0 Å². The Labute approximate surface area is 151 Å². The number of carbonyl (C=O) groups excluding carboxylic acids is 2. The average Bonchev–Trinajstić information content (AvgIpc) is 2.48. The van der Waals surface area contributed by atoms with Crippen LogP contribution in [0.25, 0.3) is 0 Å². The molecule has 2 aliphatic carbocycles. The Morgan fingerprint density at radius 1 is 1.12 bits per heavy atom. The molecule has 0 radical (unpaired) electrons. The molecule has 144 valence electrons. The number of rotatable bonds is 6. The van der Waals surface area contributed by atoms with E-state index in [9.17, 15) is 9.59 Å². The average molecular weight is 354 g/mol. The molecule has 2 saturated carbocycles. The van der Waals surface area contributed by atoms with Crippen LogP contribution in [-0.4, -0.2) is 48.3 Å². The zero-order chi connectivity index (χ0) is 18.6. The minimum absolute atomic E-state index is 0.0495. The van der Waals surface area contributed by atoms with Crippen molar-refractivity contribution in [3.05, 3.63) is 0 Å². The summed E-state index contributed by atoms with van der Waals surface area (Å²) in [6, 6.07) is 0.281. The van der Waals surface area contributed by atoms with Gasteiger partial charge in [0, 0.05) is 19.0 Å². The minimum Gasteiger partial charge on any atom is -0.436 e. The Morgan fingerprint density at radius 2 is 1.72 bits per heavy atom. The van der Waals surface area contributed by atoms with Gasteiger partial charge in [-0.25, -0.2) is 4.79 Å². The summed E-state index contributed by atoms with van der Waals surface area (Å²) in [6.45, 7) is 6.92. The molecule has 2 rings (SSSR count). The quantitative estimate of drug-likeness (QED) is 0.795. The van der Waals surface area contributed by atoms with Gasteiger partial charge in [0.25, 0.3) is 5.91 Å². The molecule has 2 aliphatic rings. The van der Waals surface area contributed by atoms with E-state index in [2.05, 4.69) is 20.8 Å². The van der Waals surface area contributed by atoms with E-state index in [1.807, 2.05) is 7.05 Å². The van der Waals surface area contributed by atoms with Crippen LogP contribution in [0.2, 0.25) is 0 Å². The summed E-state index contributed by atoms with van der Waals surface area (Å²) in [5.41, 5.74) is 5.10. The van der Waals surface area contributed by atoms with Crippen molar-refractivity contribution in [3.63, 3.8) is 0 Å².